The molecule has 18 heavy (non-hydrogen) atoms. The zero-order valence-corrected chi connectivity index (χ0v) is 12.1. The Bertz CT molecular complexity index is 474. The lowest BCUT2D eigenvalue weighted by Gasteiger charge is -2.29. The van der Waals surface area contributed by atoms with Crippen LogP contribution in [0.3, 0.4) is 0 Å². The van der Waals surface area contributed by atoms with Crippen molar-refractivity contribution in [3.05, 3.63) is 23.8 Å². The van der Waals surface area contributed by atoms with E-state index in [0.29, 0.717) is 11.5 Å². The summed E-state index contributed by atoms with van der Waals surface area (Å²) >= 11 is 1.63. The molecule has 1 aliphatic rings. The first-order valence-corrected chi connectivity index (χ1v) is 7.64. The predicted octanol–water partition coefficient (Wildman–Crippen LogP) is 4.27. The van der Waals surface area contributed by atoms with Gasteiger partial charge in [-0.2, -0.15) is 5.26 Å². The maximum atomic E-state index is 9.33. The molecule has 0 bridgehead atoms. The Labute approximate surface area is 114 Å². The number of thioether (sulfide) groups is 1. The molecule has 2 rings (SSSR count). The Hall–Kier alpha value is -1.14. The van der Waals surface area contributed by atoms with E-state index in [2.05, 4.69) is 25.2 Å². The van der Waals surface area contributed by atoms with Gasteiger partial charge in [-0.05, 0) is 36.6 Å². The van der Waals surface area contributed by atoms with Gasteiger partial charge in [0.25, 0.3) is 0 Å². The van der Waals surface area contributed by atoms with Gasteiger partial charge in [0.05, 0.1) is 11.3 Å². The third kappa shape index (κ3) is 2.49. The topological polar surface area (TPSA) is 35.8 Å². The smallest absolute Gasteiger partial charge is 0.102 e. The predicted molar refractivity (Wildman–Crippen MR) is 78.0 cm³/mol. The molecule has 1 aromatic rings. The monoisotopic (exact) mass is 260 g/mol. The summed E-state index contributed by atoms with van der Waals surface area (Å²) in [5.41, 5.74) is 2.10. The zero-order chi connectivity index (χ0) is 13.2. The van der Waals surface area contributed by atoms with Gasteiger partial charge in [-0.3, -0.25) is 0 Å². The summed E-state index contributed by atoms with van der Waals surface area (Å²) in [5.74, 6) is 0. The lowest BCUT2D eigenvalue weighted by Crippen LogP contribution is -2.31. The number of anilines is 1. The first-order chi connectivity index (χ1) is 8.58. The third-order valence-corrected chi connectivity index (χ3v) is 4.72. The fraction of sp³-hybridized carbons (Fsp3) is 0.533. The Balaban J connectivity index is 2.27. The maximum absolute atomic E-state index is 9.33. The van der Waals surface area contributed by atoms with Crippen LogP contribution >= 0.6 is 11.8 Å². The fourth-order valence-corrected chi connectivity index (χ4v) is 3.29. The summed E-state index contributed by atoms with van der Waals surface area (Å²) in [4.78, 5) is 1.05. The van der Waals surface area contributed by atoms with Crippen molar-refractivity contribution >= 4 is 17.4 Å². The van der Waals surface area contributed by atoms with Crippen LogP contribution in [0.15, 0.2) is 23.1 Å². The van der Waals surface area contributed by atoms with E-state index in [1.807, 2.05) is 24.5 Å². The van der Waals surface area contributed by atoms with Gasteiger partial charge in [0.1, 0.15) is 6.07 Å². The molecule has 1 aliphatic carbocycles. The Morgan fingerprint density at radius 3 is 2.78 bits per heavy atom. The van der Waals surface area contributed by atoms with Crippen LogP contribution in [0.2, 0.25) is 0 Å². The second kappa shape index (κ2) is 5.24. The molecular formula is C15H20N2S. The highest BCUT2D eigenvalue weighted by Gasteiger charge is 2.34. The van der Waals surface area contributed by atoms with Crippen molar-refractivity contribution in [1.29, 1.82) is 5.26 Å². The highest BCUT2D eigenvalue weighted by atomic mass is 32.2. The van der Waals surface area contributed by atoms with Gasteiger partial charge in [0.15, 0.2) is 0 Å². The average Bonchev–Trinajstić information content (AvgIpc) is 2.68. The summed E-state index contributed by atoms with van der Waals surface area (Å²) < 4.78 is 0. The molecule has 1 aromatic carbocycles. The SMILES string of the molecule is CSc1cccc(NC2CCCC2(C)C)c1C#N. The molecule has 0 radical (unpaired) electrons. The molecule has 0 heterocycles. The van der Waals surface area contributed by atoms with Crippen molar-refractivity contribution in [2.75, 3.05) is 11.6 Å². The molecule has 0 aromatic heterocycles. The number of benzene rings is 1. The minimum atomic E-state index is 0.322. The number of hydrogen-bond acceptors (Lipinski definition) is 3. The fourth-order valence-electron chi connectivity index (χ4n) is 2.72. The Morgan fingerprint density at radius 1 is 1.44 bits per heavy atom. The molecule has 1 N–H and O–H groups in total. The van der Waals surface area contributed by atoms with Crippen molar-refractivity contribution in [2.24, 2.45) is 5.41 Å². The number of nitrogens with one attached hydrogen (secondary N) is 1. The second-order valence-electron chi connectivity index (χ2n) is 5.57. The molecule has 1 unspecified atom stereocenters. The first-order valence-electron chi connectivity index (χ1n) is 6.42. The quantitative estimate of drug-likeness (QED) is 0.824. The van der Waals surface area contributed by atoms with Crippen molar-refractivity contribution in [1.82, 2.24) is 0 Å². The third-order valence-electron chi connectivity index (χ3n) is 3.94. The molecule has 0 aliphatic heterocycles. The largest absolute Gasteiger partial charge is 0.381 e. The summed E-state index contributed by atoms with van der Waals surface area (Å²) in [6.07, 6.45) is 5.74. The van der Waals surface area contributed by atoms with E-state index in [4.69, 9.17) is 0 Å². The van der Waals surface area contributed by atoms with Crippen LogP contribution < -0.4 is 5.32 Å². The van der Waals surface area contributed by atoms with Crippen LogP contribution in [-0.4, -0.2) is 12.3 Å². The number of nitrogens with zero attached hydrogens (tertiary/aromatic N) is 1. The van der Waals surface area contributed by atoms with E-state index in [1.54, 1.807) is 11.8 Å². The number of rotatable bonds is 3. The molecule has 1 atom stereocenters. The summed E-state index contributed by atoms with van der Waals surface area (Å²) in [5, 5.41) is 12.9. The molecular weight excluding hydrogens is 240 g/mol. The number of nitriles is 1. The van der Waals surface area contributed by atoms with Crippen molar-refractivity contribution in [3.63, 3.8) is 0 Å². The Kier molecular flexibility index (Phi) is 3.87. The van der Waals surface area contributed by atoms with Crippen LogP contribution in [0.1, 0.15) is 38.7 Å². The Morgan fingerprint density at radius 2 is 2.22 bits per heavy atom. The molecule has 3 heteroatoms. The van der Waals surface area contributed by atoms with E-state index >= 15 is 0 Å². The van der Waals surface area contributed by atoms with E-state index in [-0.39, 0.29) is 0 Å². The lowest BCUT2D eigenvalue weighted by atomic mass is 9.87. The van der Waals surface area contributed by atoms with E-state index < -0.39 is 0 Å². The minimum Gasteiger partial charge on any atom is -0.381 e. The number of hydrogen-bond donors (Lipinski definition) is 1. The molecule has 0 amide bonds. The lowest BCUT2D eigenvalue weighted by molar-refractivity contribution is 0.350. The van der Waals surface area contributed by atoms with Crippen LogP contribution in [0.25, 0.3) is 0 Å². The summed E-state index contributed by atoms with van der Waals surface area (Å²) in [6.45, 7) is 4.62. The van der Waals surface area contributed by atoms with Gasteiger partial charge < -0.3 is 5.32 Å². The second-order valence-corrected chi connectivity index (χ2v) is 6.42. The van der Waals surface area contributed by atoms with Gasteiger partial charge in [0.2, 0.25) is 0 Å². The minimum absolute atomic E-state index is 0.322. The van der Waals surface area contributed by atoms with Gasteiger partial charge in [-0.25, -0.2) is 0 Å². The van der Waals surface area contributed by atoms with Crippen LogP contribution in [-0.2, 0) is 0 Å². The highest BCUT2D eigenvalue weighted by Crippen LogP contribution is 2.40. The highest BCUT2D eigenvalue weighted by molar-refractivity contribution is 7.98. The van der Waals surface area contributed by atoms with Crippen LogP contribution in [0, 0.1) is 16.7 Å². The molecule has 96 valence electrons. The van der Waals surface area contributed by atoms with Crippen molar-refractivity contribution in [3.8, 4) is 6.07 Å². The standard InChI is InChI=1S/C15H20N2S/c1-15(2)9-5-8-14(15)17-12-6-4-7-13(18-3)11(12)10-16/h4,6-7,14,17H,5,8-9H2,1-3H3. The molecule has 2 nitrogen and oxygen atoms in total. The summed E-state index contributed by atoms with van der Waals surface area (Å²) in [7, 11) is 0. The van der Waals surface area contributed by atoms with E-state index in [1.165, 1.54) is 19.3 Å². The molecule has 1 saturated carbocycles. The summed E-state index contributed by atoms with van der Waals surface area (Å²) in [6, 6.07) is 8.86. The van der Waals surface area contributed by atoms with Gasteiger partial charge in [-0.1, -0.05) is 26.3 Å². The van der Waals surface area contributed by atoms with Gasteiger partial charge in [0, 0.05) is 10.9 Å². The van der Waals surface area contributed by atoms with Crippen molar-refractivity contribution < 1.29 is 0 Å². The molecule has 1 fully saturated rings. The average molecular weight is 260 g/mol. The van der Waals surface area contributed by atoms with Gasteiger partial charge in [-0.15, -0.1) is 11.8 Å². The normalized spacial score (nSPS) is 21.6. The molecule has 0 spiro atoms. The maximum Gasteiger partial charge on any atom is 0.102 e. The van der Waals surface area contributed by atoms with E-state index in [9.17, 15) is 5.26 Å². The van der Waals surface area contributed by atoms with E-state index in [0.717, 1.165) is 16.1 Å². The van der Waals surface area contributed by atoms with Crippen molar-refractivity contribution in [2.45, 2.75) is 44.0 Å². The zero-order valence-electron chi connectivity index (χ0n) is 11.3. The van der Waals surface area contributed by atoms with Gasteiger partial charge >= 0.3 is 0 Å². The van der Waals surface area contributed by atoms with Crippen LogP contribution in [0.5, 0.6) is 0 Å². The van der Waals surface area contributed by atoms with Crippen LogP contribution in [0.4, 0.5) is 5.69 Å². The first kappa shape index (κ1) is 13.3. The molecule has 0 saturated heterocycles.